The van der Waals surface area contributed by atoms with Crippen LogP contribution in [0.2, 0.25) is 0 Å². The fourth-order valence-electron chi connectivity index (χ4n) is 1.31. The van der Waals surface area contributed by atoms with Gasteiger partial charge >= 0.3 is 11.9 Å². The Balaban J connectivity index is 2.82. The van der Waals surface area contributed by atoms with Crippen LogP contribution in [0.25, 0.3) is 0 Å². The van der Waals surface area contributed by atoms with Crippen molar-refractivity contribution in [2.45, 2.75) is 12.8 Å². The highest BCUT2D eigenvalue weighted by atomic mass is 16.5. The minimum atomic E-state index is -0.382. The molecule has 0 saturated carbocycles. The zero-order valence-electron chi connectivity index (χ0n) is 10.4. The molecule has 94 valence electrons. The predicted octanol–water partition coefficient (Wildman–Crippen LogP) is 1.32. The Bertz CT molecular complexity index is 494. The summed E-state index contributed by atoms with van der Waals surface area (Å²) in [5.74, 6) is 4.85. The third-order valence-electron chi connectivity index (χ3n) is 2.26. The molecule has 0 fully saturated rings. The molecule has 0 atom stereocenters. The molecule has 0 amide bonds. The molecule has 1 aromatic carbocycles. The van der Waals surface area contributed by atoms with Crippen molar-refractivity contribution in [3.63, 3.8) is 0 Å². The Morgan fingerprint density at radius 3 is 2.44 bits per heavy atom. The first-order valence-corrected chi connectivity index (χ1v) is 5.37. The summed E-state index contributed by atoms with van der Waals surface area (Å²) in [6, 6.07) is 7.24. The summed E-state index contributed by atoms with van der Waals surface area (Å²) < 4.78 is 9.09. The number of rotatable bonds is 3. The summed E-state index contributed by atoms with van der Waals surface area (Å²) in [4.78, 5) is 22.1. The van der Waals surface area contributed by atoms with Gasteiger partial charge in [-0.2, -0.15) is 0 Å². The Kier molecular flexibility index (Phi) is 5.46. The van der Waals surface area contributed by atoms with E-state index in [4.69, 9.17) is 0 Å². The monoisotopic (exact) mass is 246 g/mol. The molecule has 0 aromatic heterocycles. The molecule has 0 aliphatic carbocycles. The van der Waals surface area contributed by atoms with Crippen LogP contribution in [0.1, 0.15) is 17.5 Å². The lowest BCUT2D eigenvalue weighted by Gasteiger charge is -2.02. The highest BCUT2D eigenvalue weighted by molar-refractivity contribution is 5.74. The quantitative estimate of drug-likeness (QED) is 0.596. The number of methoxy groups -OCH3 is 2. The maximum atomic E-state index is 11.2. The van der Waals surface area contributed by atoms with Crippen molar-refractivity contribution in [2.24, 2.45) is 0 Å². The van der Waals surface area contributed by atoms with Crippen LogP contribution < -0.4 is 0 Å². The molecule has 0 saturated heterocycles. The summed E-state index contributed by atoms with van der Waals surface area (Å²) >= 11 is 0. The average Bonchev–Trinajstić information content (AvgIpc) is 2.40. The second kappa shape index (κ2) is 7.13. The highest BCUT2D eigenvalue weighted by Crippen LogP contribution is 2.08. The van der Waals surface area contributed by atoms with E-state index in [1.54, 1.807) is 12.1 Å². The van der Waals surface area contributed by atoms with E-state index in [1.807, 2.05) is 12.1 Å². The number of hydrogen-bond donors (Lipinski definition) is 0. The van der Waals surface area contributed by atoms with Crippen molar-refractivity contribution in [2.75, 3.05) is 14.2 Å². The molecule has 0 heterocycles. The number of hydrogen-bond acceptors (Lipinski definition) is 4. The van der Waals surface area contributed by atoms with Crippen molar-refractivity contribution in [3.05, 3.63) is 35.4 Å². The topological polar surface area (TPSA) is 52.6 Å². The molecule has 0 N–H and O–H groups in total. The Labute approximate surface area is 106 Å². The first-order chi connectivity index (χ1) is 8.67. The number of carbonyl (C=O) groups is 2. The lowest BCUT2D eigenvalue weighted by atomic mass is 10.1. The molecular formula is C14H14O4. The molecule has 1 rings (SSSR count). The van der Waals surface area contributed by atoms with Crippen LogP contribution in [-0.4, -0.2) is 26.2 Å². The van der Waals surface area contributed by atoms with Gasteiger partial charge in [0, 0.05) is 5.56 Å². The molecular weight excluding hydrogens is 232 g/mol. The second-order valence-corrected chi connectivity index (χ2v) is 3.46. The van der Waals surface area contributed by atoms with Crippen LogP contribution in [0.4, 0.5) is 0 Å². The van der Waals surface area contributed by atoms with Gasteiger partial charge in [-0.15, -0.1) is 0 Å². The second-order valence-electron chi connectivity index (χ2n) is 3.46. The molecule has 0 radical (unpaired) electrons. The van der Waals surface area contributed by atoms with E-state index in [0.29, 0.717) is 5.56 Å². The van der Waals surface area contributed by atoms with Gasteiger partial charge in [0.1, 0.15) is 6.42 Å². The summed E-state index contributed by atoms with van der Waals surface area (Å²) in [5, 5.41) is 0. The molecule has 1 aromatic rings. The van der Waals surface area contributed by atoms with Gasteiger partial charge in [0.25, 0.3) is 0 Å². The van der Waals surface area contributed by atoms with E-state index in [1.165, 1.54) is 14.2 Å². The average molecular weight is 246 g/mol. The van der Waals surface area contributed by atoms with E-state index >= 15 is 0 Å². The maximum Gasteiger partial charge on any atom is 0.317 e. The Hall–Kier alpha value is -2.28. The van der Waals surface area contributed by atoms with Gasteiger partial charge in [-0.3, -0.25) is 9.59 Å². The number of ether oxygens (including phenoxy) is 2. The van der Waals surface area contributed by atoms with Crippen molar-refractivity contribution < 1.29 is 19.1 Å². The van der Waals surface area contributed by atoms with E-state index in [9.17, 15) is 9.59 Å². The maximum absolute atomic E-state index is 11.2. The fraction of sp³-hybridized carbons (Fsp3) is 0.286. The number of carbonyl (C=O) groups excluding carboxylic acids is 2. The van der Waals surface area contributed by atoms with E-state index < -0.39 is 0 Å². The van der Waals surface area contributed by atoms with Gasteiger partial charge in [0.15, 0.2) is 0 Å². The van der Waals surface area contributed by atoms with Crippen molar-refractivity contribution >= 4 is 11.9 Å². The highest BCUT2D eigenvalue weighted by Gasteiger charge is 2.05. The minimum Gasteiger partial charge on any atom is -0.469 e. The SMILES string of the molecule is COC(=O)CC#Cc1ccccc1CC(=O)OC. The van der Waals surface area contributed by atoms with Crippen LogP contribution in [-0.2, 0) is 25.5 Å². The lowest BCUT2D eigenvalue weighted by Crippen LogP contribution is -2.05. The third-order valence-corrected chi connectivity index (χ3v) is 2.26. The summed E-state index contributed by atoms with van der Waals surface area (Å²) in [6.07, 6.45) is 0.197. The minimum absolute atomic E-state index is 0.0308. The summed E-state index contributed by atoms with van der Waals surface area (Å²) in [5.41, 5.74) is 1.49. The normalized spacial score (nSPS) is 9.00. The van der Waals surface area contributed by atoms with Crippen LogP contribution in [0.15, 0.2) is 24.3 Å². The molecule has 0 aliphatic heterocycles. The summed E-state index contributed by atoms with van der Waals surface area (Å²) in [7, 11) is 2.66. The van der Waals surface area contributed by atoms with Gasteiger partial charge < -0.3 is 9.47 Å². The molecule has 18 heavy (non-hydrogen) atoms. The van der Waals surface area contributed by atoms with Crippen LogP contribution in [0, 0.1) is 11.8 Å². The molecule has 0 aliphatic rings. The van der Waals surface area contributed by atoms with Gasteiger partial charge in [0.05, 0.1) is 20.6 Å². The Morgan fingerprint density at radius 2 is 1.78 bits per heavy atom. The van der Waals surface area contributed by atoms with Crippen molar-refractivity contribution in [3.8, 4) is 11.8 Å². The predicted molar refractivity (Wildman–Crippen MR) is 65.7 cm³/mol. The fourth-order valence-corrected chi connectivity index (χ4v) is 1.31. The largest absolute Gasteiger partial charge is 0.469 e. The van der Waals surface area contributed by atoms with E-state index in [0.717, 1.165) is 5.56 Å². The molecule has 4 heteroatoms. The van der Waals surface area contributed by atoms with Crippen LogP contribution in [0.3, 0.4) is 0 Å². The lowest BCUT2D eigenvalue weighted by molar-refractivity contribution is -0.140. The van der Waals surface area contributed by atoms with Crippen molar-refractivity contribution in [1.82, 2.24) is 0 Å². The van der Waals surface area contributed by atoms with Gasteiger partial charge in [-0.05, 0) is 11.6 Å². The van der Waals surface area contributed by atoms with Crippen molar-refractivity contribution in [1.29, 1.82) is 0 Å². The molecule has 0 bridgehead atoms. The van der Waals surface area contributed by atoms with E-state index in [2.05, 4.69) is 21.3 Å². The van der Waals surface area contributed by atoms with Crippen LogP contribution >= 0.6 is 0 Å². The van der Waals surface area contributed by atoms with Gasteiger partial charge in [-0.25, -0.2) is 0 Å². The standard InChI is InChI=1S/C14H14O4/c1-17-13(15)9-5-8-11-6-3-4-7-12(11)10-14(16)18-2/h3-4,6-7H,9-10H2,1-2H3. The van der Waals surface area contributed by atoms with Gasteiger partial charge in [-0.1, -0.05) is 30.0 Å². The van der Waals surface area contributed by atoms with E-state index in [-0.39, 0.29) is 24.8 Å². The summed E-state index contributed by atoms with van der Waals surface area (Å²) in [6.45, 7) is 0. The first kappa shape index (κ1) is 13.8. The molecule has 0 unspecified atom stereocenters. The number of benzene rings is 1. The third kappa shape index (κ3) is 4.30. The number of esters is 2. The smallest absolute Gasteiger partial charge is 0.317 e. The molecule has 4 nitrogen and oxygen atoms in total. The Morgan fingerprint density at radius 1 is 1.11 bits per heavy atom. The molecule has 0 spiro atoms. The zero-order valence-corrected chi connectivity index (χ0v) is 10.4. The van der Waals surface area contributed by atoms with Gasteiger partial charge in [0.2, 0.25) is 0 Å². The zero-order chi connectivity index (χ0) is 13.4. The van der Waals surface area contributed by atoms with Crippen LogP contribution in [0.5, 0.6) is 0 Å². The first-order valence-electron chi connectivity index (χ1n) is 5.37.